The van der Waals surface area contributed by atoms with E-state index in [2.05, 4.69) is 20.2 Å². The quantitative estimate of drug-likeness (QED) is 0.867. The van der Waals surface area contributed by atoms with E-state index >= 15 is 0 Å². The largest absolute Gasteiger partial charge is 0.378 e. The monoisotopic (exact) mass is 359 g/mol. The van der Waals surface area contributed by atoms with Crippen LogP contribution >= 0.6 is 0 Å². The standard InChI is InChI=1S/C18H22FN5O2/c19-14-1-3-15(4-2-14)24-18(25)17(23-9-11-26-12-10-23)16(13-21-24)22-7-5-20-6-8-22/h1-4,13,20H,5-12H2. The van der Waals surface area contributed by atoms with E-state index in [4.69, 9.17) is 4.74 Å². The molecule has 0 amide bonds. The second kappa shape index (κ2) is 7.43. The Kier molecular flexibility index (Phi) is 4.85. The molecule has 1 aromatic heterocycles. The van der Waals surface area contributed by atoms with Gasteiger partial charge in [-0.3, -0.25) is 4.79 Å². The molecule has 0 aliphatic carbocycles. The van der Waals surface area contributed by atoms with Crippen LogP contribution in [0, 0.1) is 5.82 Å². The normalized spacial score (nSPS) is 18.2. The van der Waals surface area contributed by atoms with Crippen molar-refractivity contribution in [3.63, 3.8) is 0 Å². The fraction of sp³-hybridized carbons (Fsp3) is 0.444. The van der Waals surface area contributed by atoms with Crippen LogP contribution in [-0.2, 0) is 4.74 Å². The fourth-order valence-corrected chi connectivity index (χ4v) is 3.42. The molecule has 4 rings (SSSR count). The van der Waals surface area contributed by atoms with Gasteiger partial charge in [0.05, 0.1) is 30.8 Å². The van der Waals surface area contributed by atoms with Gasteiger partial charge in [0.25, 0.3) is 5.56 Å². The van der Waals surface area contributed by atoms with E-state index in [1.807, 2.05) is 0 Å². The molecule has 2 saturated heterocycles. The lowest BCUT2D eigenvalue weighted by atomic mass is 10.2. The Morgan fingerprint density at radius 3 is 2.38 bits per heavy atom. The summed E-state index contributed by atoms with van der Waals surface area (Å²) in [5.41, 5.74) is 1.87. The van der Waals surface area contributed by atoms with Crippen LogP contribution in [0.3, 0.4) is 0 Å². The molecular weight excluding hydrogens is 337 g/mol. The first kappa shape index (κ1) is 17.0. The van der Waals surface area contributed by atoms with E-state index in [1.165, 1.54) is 16.8 Å². The lowest BCUT2D eigenvalue weighted by Gasteiger charge is -2.35. The average molecular weight is 359 g/mol. The van der Waals surface area contributed by atoms with Crippen molar-refractivity contribution in [2.45, 2.75) is 0 Å². The number of piperazine rings is 1. The van der Waals surface area contributed by atoms with E-state index in [9.17, 15) is 9.18 Å². The van der Waals surface area contributed by atoms with Gasteiger partial charge in [-0.15, -0.1) is 0 Å². The minimum absolute atomic E-state index is 0.186. The Morgan fingerprint density at radius 2 is 1.69 bits per heavy atom. The maximum Gasteiger partial charge on any atom is 0.297 e. The van der Waals surface area contributed by atoms with Crippen LogP contribution in [0.1, 0.15) is 0 Å². The Labute approximate surface area is 151 Å². The molecule has 3 heterocycles. The highest BCUT2D eigenvalue weighted by Crippen LogP contribution is 2.26. The molecule has 2 aliphatic heterocycles. The van der Waals surface area contributed by atoms with Crippen molar-refractivity contribution in [3.05, 3.63) is 46.6 Å². The maximum absolute atomic E-state index is 13.3. The first-order valence-electron chi connectivity index (χ1n) is 8.91. The summed E-state index contributed by atoms with van der Waals surface area (Å²) in [6.07, 6.45) is 1.75. The highest BCUT2D eigenvalue weighted by Gasteiger charge is 2.25. The summed E-state index contributed by atoms with van der Waals surface area (Å²) >= 11 is 0. The minimum Gasteiger partial charge on any atom is -0.378 e. The second-order valence-corrected chi connectivity index (χ2v) is 6.41. The van der Waals surface area contributed by atoms with Crippen LogP contribution in [0.4, 0.5) is 15.8 Å². The van der Waals surface area contributed by atoms with Crippen molar-refractivity contribution < 1.29 is 9.13 Å². The van der Waals surface area contributed by atoms with Crippen molar-refractivity contribution in [1.82, 2.24) is 15.1 Å². The molecule has 0 unspecified atom stereocenters. The number of benzene rings is 1. The number of hydrogen-bond acceptors (Lipinski definition) is 6. The molecular formula is C18H22FN5O2. The zero-order valence-corrected chi connectivity index (χ0v) is 14.5. The molecule has 0 bridgehead atoms. The van der Waals surface area contributed by atoms with Gasteiger partial charge >= 0.3 is 0 Å². The third-order valence-corrected chi connectivity index (χ3v) is 4.79. The van der Waals surface area contributed by atoms with Crippen LogP contribution in [0.15, 0.2) is 35.3 Å². The van der Waals surface area contributed by atoms with Crippen LogP contribution in [0.2, 0.25) is 0 Å². The van der Waals surface area contributed by atoms with Gasteiger partial charge in [-0.25, -0.2) is 4.39 Å². The Balaban J connectivity index is 1.80. The summed E-state index contributed by atoms with van der Waals surface area (Å²) in [5, 5.41) is 7.70. The van der Waals surface area contributed by atoms with E-state index in [-0.39, 0.29) is 11.4 Å². The molecule has 7 nitrogen and oxygen atoms in total. The van der Waals surface area contributed by atoms with Crippen LogP contribution in [0.5, 0.6) is 0 Å². The lowest BCUT2D eigenvalue weighted by Crippen LogP contribution is -2.47. The van der Waals surface area contributed by atoms with Crippen molar-refractivity contribution >= 4 is 11.4 Å². The van der Waals surface area contributed by atoms with Gasteiger partial charge < -0.3 is 19.9 Å². The number of nitrogens with one attached hydrogen (secondary N) is 1. The topological polar surface area (TPSA) is 62.6 Å². The molecule has 8 heteroatoms. The van der Waals surface area contributed by atoms with E-state index in [1.54, 1.807) is 18.3 Å². The molecule has 1 N–H and O–H groups in total. The van der Waals surface area contributed by atoms with Gasteiger partial charge in [-0.2, -0.15) is 9.78 Å². The molecule has 138 valence electrons. The zero-order chi connectivity index (χ0) is 17.9. The first-order valence-corrected chi connectivity index (χ1v) is 8.91. The van der Waals surface area contributed by atoms with Crippen LogP contribution in [0.25, 0.3) is 5.69 Å². The summed E-state index contributed by atoms with van der Waals surface area (Å²) in [6.45, 7) is 5.95. The summed E-state index contributed by atoms with van der Waals surface area (Å²) in [6, 6.07) is 5.80. The molecule has 0 spiro atoms. The Morgan fingerprint density at radius 1 is 1.00 bits per heavy atom. The zero-order valence-electron chi connectivity index (χ0n) is 14.5. The number of aromatic nitrogens is 2. The van der Waals surface area contributed by atoms with Crippen molar-refractivity contribution in [2.75, 3.05) is 62.3 Å². The highest BCUT2D eigenvalue weighted by molar-refractivity contribution is 5.70. The SMILES string of the molecule is O=c1c(N2CCOCC2)c(N2CCNCC2)cnn1-c1ccc(F)cc1. The number of halogens is 1. The number of anilines is 2. The number of nitrogens with zero attached hydrogens (tertiary/aromatic N) is 4. The fourth-order valence-electron chi connectivity index (χ4n) is 3.42. The molecule has 0 atom stereocenters. The van der Waals surface area contributed by atoms with E-state index in [0.29, 0.717) is 37.7 Å². The van der Waals surface area contributed by atoms with Gasteiger partial charge in [-0.1, -0.05) is 0 Å². The number of hydrogen-bond donors (Lipinski definition) is 1. The summed E-state index contributed by atoms with van der Waals surface area (Å²) in [7, 11) is 0. The Hall–Kier alpha value is -2.45. The summed E-state index contributed by atoms with van der Waals surface area (Å²) in [4.78, 5) is 17.6. The number of morpholine rings is 1. The molecule has 26 heavy (non-hydrogen) atoms. The molecule has 2 aromatic rings. The van der Waals surface area contributed by atoms with Crippen molar-refractivity contribution in [1.29, 1.82) is 0 Å². The maximum atomic E-state index is 13.3. The van der Waals surface area contributed by atoms with Gasteiger partial charge in [0.15, 0.2) is 0 Å². The van der Waals surface area contributed by atoms with Gasteiger partial charge in [0.1, 0.15) is 11.5 Å². The third-order valence-electron chi connectivity index (χ3n) is 4.79. The van der Waals surface area contributed by atoms with Crippen LogP contribution in [-0.4, -0.2) is 62.3 Å². The Bertz CT molecular complexity index is 811. The van der Waals surface area contributed by atoms with Gasteiger partial charge in [-0.05, 0) is 24.3 Å². The molecule has 2 aliphatic rings. The predicted octanol–water partition coefficient (Wildman–Crippen LogP) is 0.618. The van der Waals surface area contributed by atoms with Crippen molar-refractivity contribution in [3.8, 4) is 5.69 Å². The third kappa shape index (κ3) is 3.30. The lowest BCUT2D eigenvalue weighted by molar-refractivity contribution is 0.122. The van der Waals surface area contributed by atoms with Gasteiger partial charge in [0, 0.05) is 39.3 Å². The minimum atomic E-state index is -0.340. The van der Waals surface area contributed by atoms with E-state index in [0.717, 1.165) is 31.9 Å². The van der Waals surface area contributed by atoms with Crippen LogP contribution < -0.4 is 20.7 Å². The first-order chi connectivity index (χ1) is 12.7. The van der Waals surface area contributed by atoms with Crippen molar-refractivity contribution in [2.24, 2.45) is 0 Å². The summed E-state index contributed by atoms with van der Waals surface area (Å²) < 4.78 is 20.0. The number of ether oxygens (including phenoxy) is 1. The predicted molar refractivity (Wildman–Crippen MR) is 97.9 cm³/mol. The molecule has 0 radical (unpaired) electrons. The smallest absolute Gasteiger partial charge is 0.297 e. The second-order valence-electron chi connectivity index (χ2n) is 6.41. The summed E-state index contributed by atoms with van der Waals surface area (Å²) in [5.74, 6) is -0.340. The highest BCUT2D eigenvalue weighted by atomic mass is 19.1. The number of rotatable bonds is 3. The molecule has 1 aromatic carbocycles. The van der Waals surface area contributed by atoms with Gasteiger partial charge in [0.2, 0.25) is 0 Å². The average Bonchev–Trinajstić information content (AvgIpc) is 2.70. The van der Waals surface area contributed by atoms with E-state index < -0.39 is 0 Å². The molecule has 0 saturated carbocycles. The molecule has 2 fully saturated rings.